The van der Waals surface area contributed by atoms with Gasteiger partial charge in [-0.1, -0.05) is 0 Å². The lowest BCUT2D eigenvalue weighted by Crippen LogP contribution is -2.17. The summed E-state index contributed by atoms with van der Waals surface area (Å²) in [5, 5.41) is 13.4. The fourth-order valence-electron chi connectivity index (χ4n) is 1.84. The van der Waals surface area contributed by atoms with Crippen LogP contribution >= 0.6 is 0 Å². The first-order chi connectivity index (χ1) is 10.0. The number of carbonyl (C=O) groups is 1. The van der Waals surface area contributed by atoms with E-state index in [9.17, 15) is 14.9 Å². The van der Waals surface area contributed by atoms with Crippen molar-refractivity contribution in [3.63, 3.8) is 0 Å². The van der Waals surface area contributed by atoms with Gasteiger partial charge in [0.25, 0.3) is 11.6 Å². The van der Waals surface area contributed by atoms with E-state index in [0.29, 0.717) is 22.5 Å². The van der Waals surface area contributed by atoms with E-state index in [0.717, 1.165) is 0 Å². The van der Waals surface area contributed by atoms with Crippen molar-refractivity contribution in [3.05, 3.63) is 57.9 Å². The van der Waals surface area contributed by atoms with Gasteiger partial charge in [-0.25, -0.2) is 0 Å². The van der Waals surface area contributed by atoms with Crippen molar-refractivity contribution < 1.29 is 9.72 Å². The normalized spacial score (nSPS) is 10.0. The molecule has 2 rings (SSSR count). The molecule has 8 heteroatoms. The van der Waals surface area contributed by atoms with Gasteiger partial charge in [-0.05, 0) is 25.1 Å². The van der Waals surface area contributed by atoms with E-state index in [1.54, 1.807) is 6.92 Å². The van der Waals surface area contributed by atoms with E-state index < -0.39 is 10.8 Å². The van der Waals surface area contributed by atoms with Gasteiger partial charge in [0.05, 0.1) is 22.4 Å². The van der Waals surface area contributed by atoms with Crippen LogP contribution in [0.2, 0.25) is 0 Å². The molecule has 0 atom stereocenters. The number of aryl methyl sites for hydroxylation is 1. The molecule has 0 saturated heterocycles. The number of rotatable bonds is 4. The Kier molecular flexibility index (Phi) is 4.10. The van der Waals surface area contributed by atoms with Crippen molar-refractivity contribution >= 4 is 23.0 Å². The highest BCUT2D eigenvalue weighted by molar-refractivity contribution is 6.07. The zero-order valence-electron chi connectivity index (χ0n) is 11.2. The highest BCUT2D eigenvalue weighted by Gasteiger charge is 2.14. The van der Waals surface area contributed by atoms with Gasteiger partial charge in [0.2, 0.25) is 0 Å². The summed E-state index contributed by atoms with van der Waals surface area (Å²) in [6, 6.07) is 5.87. The number of hydrogen-bond acceptors (Lipinski definition) is 6. The summed E-state index contributed by atoms with van der Waals surface area (Å²) in [5.74, 6) is 4.92. The molecule has 21 heavy (non-hydrogen) atoms. The van der Waals surface area contributed by atoms with Crippen LogP contribution in [0, 0.1) is 17.0 Å². The first kappa shape index (κ1) is 14.4. The Morgan fingerprint density at radius 3 is 2.76 bits per heavy atom. The SMILES string of the molecule is Cc1cc(NC(=O)c2ccncc2NN)ccc1[N+](=O)[O-]. The van der Waals surface area contributed by atoms with E-state index in [4.69, 9.17) is 5.84 Å². The minimum absolute atomic E-state index is 0.00113. The van der Waals surface area contributed by atoms with Crippen molar-refractivity contribution in [1.82, 2.24) is 4.98 Å². The highest BCUT2D eigenvalue weighted by atomic mass is 16.6. The maximum Gasteiger partial charge on any atom is 0.272 e. The molecule has 0 fully saturated rings. The van der Waals surface area contributed by atoms with Crippen LogP contribution < -0.4 is 16.6 Å². The lowest BCUT2D eigenvalue weighted by molar-refractivity contribution is -0.385. The minimum Gasteiger partial charge on any atom is -0.322 e. The number of hydrazine groups is 1. The third kappa shape index (κ3) is 3.12. The van der Waals surface area contributed by atoms with Crippen molar-refractivity contribution in [1.29, 1.82) is 0 Å². The van der Waals surface area contributed by atoms with Gasteiger partial charge in [0.1, 0.15) is 0 Å². The van der Waals surface area contributed by atoms with Crippen LogP contribution in [0.25, 0.3) is 0 Å². The van der Waals surface area contributed by atoms with Gasteiger partial charge in [0.15, 0.2) is 0 Å². The second-order valence-corrected chi connectivity index (χ2v) is 4.28. The molecule has 0 aliphatic rings. The third-order valence-corrected chi connectivity index (χ3v) is 2.87. The minimum atomic E-state index is -0.472. The Morgan fingerprint density at radius 2 is 2.14 bits per heavy atom. The fourth-order valence-corrected chi connectivity index (χ4v) is 1.84. The number of amides is 1. The van der Waals surface area contributed by atoms with E-state index >= 15 is 0 Å². The molecule has 4 N–H and O–H groups in total. The van der Waals surface area contributed by atoms with Gasteiger partial charge < -0.3 is 10.7 Å². The molecule has 0 saturated carbocycles. The average Bonchev–Trinajstić information content (AvgIpc) is 2.46. The fraction of sp³-hybridized carbons (Fsp3) is 0.0769. The van der Waals surface area contributed by atoms with Crippen LogP contribution in [0.4, 0.5) is 17.1 Å². The molecule has 0 spiro atoms. The van der Waals surface area contributed by atoms with Crippen LogP contribution in [0.5, 0.6) is 0 Å². The standard InChI is InChI=1S/C13H13N5O3/c1-8-6-9(2-3-12(8)18(20)21)16-13(19)10-4-5-15-7-11(10)17-14/h2-7,17H,14H2,1H3,(H,16,19). The van der Waals surface area contributed by atoms with Crippen molar-refractivity contribution in [2.24, 2.45) is 5.84 Å². The molecule has 1 heterocycles. The Hall–Kier alpha value is -3.00. The number of anilines is 2. The van der Waals surface area contributed by atoms with Gasteiger partial charge in [-0.3, -0.25) is 25.7 Å². The van der Waals surface area contributed by atoms with Gasteiger partial charge in [0, 0.05) is 23.5 Å². The molecule has 0 aliphatic heterocycles. The predicted molar refractivity (Wildman–Crippen MR) is 77.8 cm³/mol. The molecule has 0 aliphatic carbocycles. The lowest BCUT2D eigenvalue weighted by Gasteiger charge is -2.09. The highest BCUT2D eigenvalue weighted by Crippen LogP contribution is 2.22. The van der Waals surface area contributed by atoms with Crippen LogP contribution in [-0.4, -0.2) is 15.8 Å². The number of benzene rings is 1. The smallest absolute Gasteiger partial charge is 0.272 e. The first-order valence-corrected chi connectivity index (χ1v) is 6.00. The molecule has 1 aromatic heterocycles. The molecule has 2 aromatic rings. The topological polar surface area (TPSA) is 123 Å². The molecule has 1 aromatic carbocycles. The van der Waals surface area contributed by atoms with Crippen LogP contribution in [0.15, 0.2) is 36.7 Å². The monoisotopic (exact) mass is 287 g/mol. The van der Waals surface area contributed by atoms with Crippen molar-refractivity contribution in [3.8, 4) is 0 Å². The van der Waals surface area contributed by atoms with E-state index in [-0.39, 0.29) is 5.69 Å². The van der Waals surface area contributed by atoms with Crippen molar-refractivity contribution in [2.45, 2.75) is 6.92 Å². The van der Waals surface area contributed by atoms with Gasteiger partial charge in [-0.15, -0.1) is 0 Å². The molecule has 0 unspecified atom stereocenters. The second-order valence-electron chi connectivity index (χ2n) is 4.28. The van der Waals surface area contributed by atoms with E-state index in [1.807, 2.05) is 0 Å². The summed E-state index contributed by atoms with van der Waals surface area (Å²) in [6.45, 7) is 1.60. The largest absolute Gasteiger partial charge is 0.322 e. The number of nitrogens with zero attached hydrogens (tertiary/aromatic N) is 2. The predicted octanol–water partition coefficient (Wildman–Crippen LogP) is 1.84. The Labute approximate surface area is 120 Å². The molecular formula is C13H13N5O3. The average molecular weight is 287 g/mol. The molecule has 0 bridgehead atoms. The van der Waals surface area contributed by atoms with E-state index in [1.165, 1.54) is 36.7 Å². The van der Waals surface area contributed by atoms with Crippen LogP contribution in [0.1, 0.15) is 15.9 Å². The maximum atomic E-state index is 12.2. The van der Waals surface area contributed by atoms with E-state index in [2.05, 4.69) is 15.7 Å². The lowest BCUT2D eigenvalue weighted by atomic mass is 10.1. The summed E-state index contributed by atoms with van der Waals surface area (Å²) in [7, 11) is 0. The Balaban J connectivity index is 2.24. The molecule has 1 amide bonds. The second kappa shape index (κ2) is 5.97. The van der Waals surface area contributed by atoms with Gasteiger partial charge >= 0.3 is 0 Å². The number of nitro benzene ring substituents is 1. The van der Waals surface area contributed by atoms with Crippen molar-refractivity contribution in [2.75, 3.05) is 10.7 Å². The molecular weight excluding hydrogens is 274 g/mol. The number of pyridine rings is 1. The Morgan fingerprint density at radius 1 is 1.38 bits per heavy atom. The summed E-state index contributed by atoms with van der Waals surface area (Å²) in [4.78, 5) is 26.3. The summed E-state index contributed by atoms with van der Waals surface area (Å²) in [6.07, 6.45) is 2.90. The molecule has 0 radical (unpaired) electrons. The Bertz CT molecular complexity index is 702. The number of nitrogens with two attached hydrogens (primary N) is 1. The number of nitro groups is 1. The van der Waals surface area contributed by atoms with Crippen LogP contribution in [0.3, 0.4) is 0 Å². The number of nitrogens with one attached hydrogen (secondary N) is 2. The number of hydrogen-bond donors (Lipinski definition) is 3. The molecule has 108 valence electrons. The number of nitrogen functional groups attached to an aromatic ring is 1. The number of aromatic nitrogens is 1. The quantitative estimate of drug-likeness (QED) is 0.448. The number of carbonyl (C=O) groups excluding carboxylic acids is 1. The van der Waals surface area contributed by atoms with Gasteiger partial charge in [-0.2, -0.15) is 0 Å². The first-order valence-electron chi connectivity index (χ1n) is 6.00. The summed E-state index contributed by atoms with van der Waals surface area (Å²) < 4.78 is 0. The summed E-state index contributed by atoms with van der Waals surface area (Å²) in [5.41, 5.74) is 4.02. The zero-order chi connectivity index (χ0) is 15.4. The molecule has 8 nitrogen and oxygen atoms in total. The van der Waals surface area contributed by atoms with Crippen LogP contribution in [-0.2, 0) is 0 Å². The zero-order valence-corrected chi connectivity index (χ0v) is 11.2. The summed E-state index contributed by atoms with van der Waals surface area (Å²) >= 11 is 0. The third-order valence-electron chi connectivity index (χ3n) is 2.87. The maximum absolute atomic E-state index is 12.2.